The maximum Gasteiger partial charge on any atom is 0.251 e. The topological polar surface area (TPSA) is 71.2 Å². The number of nitrogens with one attached hydrogen (secondary N) is 2. The molecule has 1 aromatic carbocycles. The predicted molar refractivity (Wildman–Crippen MR) is 87.2 cm³/mol. The Bertz CT molecular complexity index is 734. The molecule has 2 rings (SSSR count). The zero-order valence-electron chi connectivity index (χ0n) is 13.3. The molecule has 0 saturated heterocycles. The average Bonchev–Trinajstić information content (AvgIpc) is 2.47. The van der Waals surface area contributed by atoms with Crippen molar-refractivity contribution in [3.63, 3.8) is 0 Å². The summed E-state index contributed by atoms with van der Waals surface area (Å²) in [5.41, 5.74) is 3.68. The lowest BCUT2D eigenvalue weighted by Gasteiger charge is -2.07. The quantitative estimate of drug-likeness (QED) is 0.800. The van der Waals surface area contributed by atoms with Gasteiger partial charge in [-0.25, -0.2) is 0 Å². The summed E-state index contributed by atoms with van der Waals surface area (Å²) in [6, 6.07) is 5.92. The standard InChI is InChI=1S/C17H22N2O3/c1-11-8-14-10-13(4-5-16(20)18-6-7-22-3)17(21)19-15(14)9-12(11)2/h8-10H,4-7H2,1-3H3,(H,18,20)(H,19,21). The van der Waals surface area contributed by atoms with Gasteiger partial charge in [0.1, 0.15) is 0 Å². The van der Waals surface area contributed by atoms with Crippen LogP contribution in [0.25, 0.3) is 10.9 Å². The monoisotopic (exact) mass is 302 g/mol. The summed E-state index contributed by atoms with van der Waals surface area (Å²) >= 11 is 0. The Kier molecular flexibility index (Phi) is 5.33. The third-order valence-electron chi connectivity index (χ3n) is 3.79. The van der Waals surface area contributed by atoms with Crippen molar-refractivity contribution in [1.82, 2.24) is 10.3 Å². The fraction of sp³-hybridized carbons (Fsp3) is 0.412. The largest absolute Gasteiger partial charge is 0.383 e. The second-order valence-electron chi connectivity index (χ2n) is 5.49. The summed E-state index contributed by atoms with van der Waals surface area (Å²) in [6.07, 6.45) is 0.722. The number of amides is 1. The van der Waals surface area contributed by atoms with Crippen LogP contribution in [0.5, 0.6) is 0 Å². The molecule has 118 valence electrons. The lowest BCUT2D eigenvalue weighted by Crippen LogP contribution is -2.27. The average molecular weight is 302 g/mol. The molecular weight excluding hydrogens is 280 g/mol. The van der Waals surface area contributed by atoms with Crippen molar-refractivity contribution in [2.24, 2.45) is 0 Å². The van der Waals surface area contributed by atoms with Crippen molar-refractivity contribution in [3.05, 3.63) is 45.2 Å². The van der Waals surface area contributed by atoms with E-state index in [4.69, 9.17) is 4.74 Å². The molecule has 22 heavy (non-hydrogen) atoms. The number of aromatic nitrogens is 1. The number of H-pyrrole nitrogens is 1. The summed E-state index contributed by atoms with van der Waals surface area (Å²) in [5.74, 6) is -0.0726. The highest BCUT2D eigenvalue weighted by Gasteiger charge is 2.07. The van der Waals surface area contributed by atoms with Gasteiger partial charge in [0.25, 0.3) is 5.56 Å². The van der Waals surface area contributed by atoms with E-state index in [1.807, 2.05) is 26.0 Å². The first-order valence-corrected chi connectivity index (χ1v) is 7.40. The Balaban J connectivity index is 2.11. The van der Waals surface area contributed by atoms with E-state index in [2.05, 4.69) is 16.4 Å². The molecule has 0 spiro atoms. The van der Waals surface area contributed by atoms with E-state index in [1.165, 1.54) is 5.56 Å². The van der Waals surface area contributed by atoms with Gasteiger partial charge in [-0.05, 0) is 55.0 Å². The van der Waals surface area contributed by atoms with Gasteiger partial charge >= 0.3 is 0 Å². The summed E-state index contributed by atoms with van der Waals surface area (Å²) in [5, 5.41) is 3.75. The van der Waals surface area contributed by atoms with Crippen molar-refractivity contribution in [2.45, 2.75) is 26.7 Å². The van der Waals surface area contributed by atoms with Crippen LogP contribution in [-0.2, 0) is 16.0 Å². The Hall–Kier alpha value is -2.14. The highest BCUT2D eigenvalue weighted by molar-refractivity contribution is 5.81. The molecule has 2 aromatic rings. The van der Waals surface area contributed by atoms with E-state index < -0.39 is 0 Å². The second-order valence-corrected chi connectivity index (χ2v) is 5.49. The number of hydrogen-bond acceptors (Lipinski definition) is 3. The minimum atomic E-state index is -0.125. The molecule has 1 aromatic heterocycles. The zero-order chi connectivity index (χ0) is 16.1. The number of rotatable bonds is 6. The Labute approximate surface area is 129 Å². The van der Waals surface area contributed by atoms with Gasteiger partial charge in [-0.3, -0.25) is 9.59 Å². The highest BCUT2D eigenvalue weighted by atomic mass is 16.5. The number of aromatic amines is 1. The number of pyridine rings is 1. The number of ether oxygens (including phenoxy) is 1. The number of hydrogen-bond donors (Lipinski definition) is 2. The Morgan fingerprint density at radius 3 is 2.68 bits per heavy atom. The van der Waals surface area contributed by atoms with Crippen molar-refractivity contribution < 1.29 is 9.53 Å². The van der Waals surface area contributed by atoms with E-state index in [9.17, 15) is 9.59 Å². The van der Waals surface area contributed by atoms with Crippen LogP contribution in [0.2, 0.25) is 0 Å². The fourth-order valence-corrected chi connectivity index (χ4v) is 2.34. The molecule has 0 radical (unpaired) electrons. The highest BCUT2D eigenvalue weighted by Crippen LogP contribution is 2.17. The van der Waals surface area contributed by atoms with E-state index in [0.717, 1.165) is 16.5 Å². The third kappa shape index (κ3) is 3.95. The maximum atomic E-state index is 12.1. The van der Waals surface area contributed by atoms with Gasteiger partial charge in [0, 0.05) is 31.2 Å². The number of carbonyl (C=O) groups excluding carboxylic acids is 1. The predicted octanol–water partition coefficient (Wildman–Crippen LogP) is 1.84. The summed E-state index contributed by atoms with van der Waals surface area (Å²) < 4.78 is 4.87. The lowest BCUT2D eigenvalue weighted by atomic mass is 10.0. The first-order valence-electron chi connectivity index (χ1n) is 7.40. The number of carbonyl (C=O) groups is 1. The van der Waals surface area contributed by atoms with Crippen LogP contribution in [0.15, 0.2) is 23.0 Å². The third-order valence-corrected chi connectivity index (χ3v) is 3.79. The zero-order valence-corrected chi connectivity index (χ0v) is 13.3. The molecule has 0 saturated carbocycles. The number of fused-ring (bicyclic) bond motifs is 1. The SMILES string of the molecule is COCCNC(=O)CCc1cc2cc(C)c(C)cc2[nH]c1=O. The molecule has 5 heteroatoms. The summed E-state index contributed by atoms with van der Waals surface area (Å²) in [6.45, 7) is 5.04. The van der Waals surface area contributed by atoms with Crippen LogP contribution in [0, 0.1) is 13.8 Å². The van der Waals surface area contributed by atoms with Gasteiger partial charge in [0.15, 0.2) is 0 Å². The van der Waals surface area contributed by atoms with Crippen LogP contribution in [0.1, 0.15) is 23.1 Å². The molecule has 0 aliphatic carbocycles. The van der Waals surface area contributed by atoms with Gasteiger partial charge in [-0.15, -0.1) is 0 Å². The first-order chi connectivity index (χ1) is 10.5. The fourth-order valence-electron chi connectivity index (χ4n) is 2.34. The summed E-state index contributed by atoms with van der Waals surface area (Å²) in [4.78, 5) is 26.7. The minimum Gasteiger partial charge on any atom is -0.383 e. The normalized spacial score (nSPS) is 10.9. The molecular formula is C17H22N2O3. The first kappa shape index (κ1) is 16.2. The molecule has 0 atom stereocenters. The van der Waals surface area contributed by atoms with Crippen LogP contribution < -0.4 is 10.9 Å². The molecule has 0 fully saturated rings. The van der Waals surface area contributed by atoms with Gasteiger partial charge in [0.2, 0.25) is 5.91 Å². The van der Waals surface area contributed by atoms with E-state index >= 15 is 0 Å². The Morgan fingerprint density at radius 2 is 1.95 bits per heavy atom. The van der Waals surface area contributed by atoms with Crippen molar-refractivity contribution in [2.75, 3.05) is 20.3 Å². The van der Waals surface area contributed by atoms with Crippen molar-refractivity contribution in [1.29, 1.82) is 0 Å². The number of benzene rings is 1. The van der Waals surface area contributed by atoms with Crippen molar-refractivity contribution in [3.8, 4) is 0 Å². The Morgan fingerprint density at radius 1 is 1.23 bits per heavy atom. The number of methoxy groups -OCH3 is 1. The molecule has 0 aliphatic rings. The molecule has 1 amide bonds. The van der Waals surface area contributed by atoms with Gasteiger partial charge in [0.05, 0.1) is 6.61 Å². The second kappa shape index (κ2) is 7.22. The van der Waals surface area contributed by atoms with Crippen molar-refractivity contribution >= 4 is 16.8 Å². The lowest BCUT2D eigenvalue weighted by molar-refractivity contribution is -0.121. The van der Waals surface area contributed by atoms with Gasteiger partial charge < -0.3 is 15.0 Å². The molecule has 0 aliphatic heterocycles. The van der Waals surface area contributed by atoms with E-state index in [0.29, 0.717) is 31.6 Å². The van der Waals surface area contributed by atoms with Crippen LogP contribution in [0.4, 0.5) is 0 Å². The van der Waals surface area contributed by atoms with Crippen LogP contribution in [-0.4, -0.2) is 31.2 Å². The van der Waals surface area contributed by atoms with E-state index in [-0.39, 0.29) is 11.5 Å². The summed E-state index contributed by atoms with van der Waals surface area (Å²) in [7, 11) is 1.59. The molecule has 2 N–H and O–H groups in total. The molecule has 1 heterocycles. The van der Waals surface area contributed by atoms with Crippen LogP contribution >= 0.6 is 0 Å². The van der Waals surface area contributed by atoms with Gasteiger partial charge in [-0.2, -0.15) is 0 Å². The number of aryl methyl sites for hydroxylation is 3. The van der Waals surface area contributed by atoms with Gasteiger partial charge in [-0.1, -0.05) is 0 Å². The molecule has 0 unspecified atom stereocenters. The smallest absolute Gasteiger partial charge is 0.251 e. The minimum absolute atomic E-state index is 0.0726. The molecule has 5 nitrogen and oxygen atoms in total. The van der Waals surface area contributed by atoms with E-state index in [1.54, 1.807) is 7.11 Å². The van der Waals surface area contributed by atoms with Crippen LogP contribution in [0.3, 0.4) is 0 Å². The molecule has 0 bridgehead atoms. The maximum absolute atomic E-state index is 12.1.